The number of carbonyl (C=O) groups is 4. The number of methoxy groups -OCH3 is 1. The van der Waals surface area contributed by atoms with Crippen LogP contribution in [0.4, 0.5) is 5.69 Å². The molecular weight excluding hydrogens is 334 g/mol. The molecule has 0 N–H and O–H groups in total. The van der Waals surface area contributed by atoms with Crippen molar-refractivity contribution in [2.45, 2.75) is 19.8 Å². The van der Waals surface area contributed by atoms with Gasteiger partial charge in [-0.05, 0) is 13.8 Å². The van der Waals surface area contributed by atoms with Crippen LogP contribution in [0.5, 0.6) is 0 Å². The summed E-state index contributed by atoms with van der Waals surface area (Å²) in [4.78, 5) is 58.8. The smallest absolute Gasteiger partial charge is 0.375 e. The molecule has 1 rings (SSSR count). The normalized spacial score (nSPS) is 12.6. The van der Waals surface area contributed by atoms with E-state index in [4.69, 9.17) is 4.74 Å². The van der Waals surface area contributed by atoms with Gasteiger partial charge in [0.15, 0.2) is 0 Å². The molecule has 0 spiro atoms. The van der Waals surface area contributed by atoms with Gasteiger partial charge in [-0.1, -0.05) is 18.2 Å². The van der Waals surface area contributed by atoms with Gasteiger partial charge in [0.05, 0.1) is 24.6 Å². The number of Topliss-reactive ketones (excluding diaryl/α,β-unsaturated/α-hetero) is 2. The van der Waals surface area contributed by atoms with Crippen molar-refractivity contribution in [2.75, 3.05) is 13.7 Å². The number of esters is 2. The number of nitrogens with zero attached hydrogens (tertiary/aromatic N) is 1. The third kappa shape index (κ3) is 4.46. The second-order valence-electron chi connectivity index (χ2n) is 4.99. The van der Waals surface area contributed by atoms with Gasteiger partial charge in [0.2, 0.25) is 5.78 Å². The third-order valence-electron chi connectivity index (χ3n) is 3.45. The minimum Gasteiger partial charge on any atom is -0.465 e. The highest BCUT2D eigenvalue weighted by molar-refractivity contribution is 6.37. The molecule has 0 heterocycles. The minimum atomic E-state index is -1.72. The van der Waals surface area contributed by atoms with Gasteiger partial charge in [-0.2, -0.15) is 0 Å². The van der Waals surface area contributed by atoms with E-state index in [0.717, 1.165) is 20.1 Å². The van der Waals surface area contributed by atoms with E-state index >= 15 is 0 Å². The average Bonchev–Trinajstić information content (AvgIpc) is 2.57. The monoisotopic (exact) mass is 351 g/mol. The molecule has 9 heteroatoms. The van der Waals surface area contributed by atoms with Crippen molar-refractivity contribution in [3.63, 3.8) is 0 Å². The Morgan fingerprint density at radius 1 is 1.20 bits per heavy atom. The highest BCUT2D eigenvalue weighted by Crippen LogP contribution is 2.34. The van der Waals surface area contributed by atoms with Gasteiger partial charge in [0, 0.05) is 11.6 Å². The van der Waals surface area contributed by atoms with Gasteiger partial charge in [0.1, 0.15) is 11.7 Å². The number of ether oxygens (including phenoxy) is 2. The molecule has 0 radical (unpaired) electrons. The van der Waals surface area contributed by atoms with Crippen molar-refractivity contribution >= 4 is 29.2 Å². The van der Waals surface area contributed by atoms with Crippen LogP contribution in [0.3, 0.4) is 0 Å². The maximum Gasteiger partial charge on any atom is 0.375 e. The van der Waals surface area contributed by atoms with Crippen LogP contribution in [0.25, 0.3) is 0 Å². The Labute approximate surface area is 143 Å². The zero-order valence-electron chi connectivity index (χ0n) is 13.9. The van der Waals surface area contributed by atoms with Gasteiger partial charge in [-0.25, -0.2) is 4.79 Å². The van der Waals surface area contributed by atoms with Crippen molar-refractivity contribution in [3.8, 4) is 0 Å². The Hall–Kier alpha value is -3.10. The van der Waals surface area contributed by atoms with Crippen LogP contribution < -0.4 is 0 Å². The average molecular weight is 351 g/mol. The molecule has 0 amide bonds. The predicted molar refractivity (Wildman–Crippen MR) is 83.7 cm³/mol. The minimum absolute atomic E-state index is 0.0708. The molecular formula is C16H17NO8. The Morgan fingerprint density at radius 3 is 2.28 bits per heavy atom. The highest BCUT2D eigenvalue weighted by Gasteiger charge is 2.44. The van der Waals surface area contributed by atoms with Crippen LogP contribution in [0.1, 0.15) is 25.3 Å². The zero-order valence-corrected chi connectivity index (χ0v) is 13.9. The molecule has 0 aliphatic rings. The lowest BCUT2D eigenvalue weighted by Crippen LogP contribution is -2.38. The number of ketones is 2. The fraction of sp³-hybridized carbons (Fsp3) is 0.375. The van der Waals surface area contributed by atoms with E-state index < -0.39 is 46.0 Å². The first-order chi connectivity index (χ1) is 11.8. The van der Waals surface area contributed by atoms with Crippen LogP contribution in [-0.2, 0) is 28.7 Å². The van der Waals surface area contributed by atoms with Gasteiger partial charge in [-0.3, -0.25) is 24.5 Å². The van der Waals surface area contributed by atoms with Gasteiger partial charge >= 0.3 is 11.9 Å². The highest BCUT2D eigenvalue weighted by atomic mass is 16.6. The molecule has 0 bridgehead atoms. The van der Waals surface area contributed by atoms with Crippen molar-refractivity contribution in [3.05, 3.63) is 39.9 Å². The van der Waals surface area contributed by atoms with E-state index in [2.05, 4.69) is 4.74 Å². The molecule has 1 aromatic rings. The number of hydrogen-bond donors (Lipinski definition) is 0. The van der Waals surface area contributed by atoms with Gasteiger partial charge in [0.25, 0.3) is 5.69 Å². The maximum atomic E-state index is 12.4. The summed E-state index contributed by atoms with van der Waals surface area (Å²) in [5, 5.41) is 11.3. The van der Waals surface area contributed by atoms with E-state index in [9.17, 15) is 29.3 Å². The zero-order chi connectivity index (χ0) is 19.1. The fourth-order valence-electron chi connectivity index (χ4n) is 2.39. The van der Waals surface area contributed by atoms with Crippen LogP contribution in [0.2, 0.25) is 0 Å². The van der Waals surface area contributed by atoms with Crippen LogP contribution in [-0.4, -0.2) is 42.1 Å². The molecule has 25 heavy (non-hydrogen) atoms. The summed E-state index contributed by atoms with van der Waals surface area (Å²) in [6.07, 6.45) is 0. The second kappa shape index (κ2) is 8.67. The molecule has 134 valence electrons. The summed E-state index contributed by atoms with van der Waals surface area (Å²) in [6.45, 7) is 2.46. The number of para-hydroxylation sites is 1. The van der Waals surface area contributed by atoms with E-state index in [-0.39, 0.29) is 12.2 Å². The van der Waals surface area contributed by atoms with Crippen molar-refractivity contribution in [2.24, 2.45) is 5.92 Å². The summed E-state index contributed by atoms with van der Waals surface area (Å²) in [6, 6.07) is 5.06. The van der Waals surface area contributed by atoms with Crippen LogP contribution in [0.15, 0.2) is 24.3 Å². The largest absolute Gasteiger partial charge is 0.465 e. The first-order valence-corrected chi connectivity index (χ1v) is 7.28. The quantitative estimate of drug-likeness (QED) is 0.224. The van der Waals surface area contributed by atoms with E-state index in [0.29, 0.717) is 0 Å². The number of benzene rings is 1. The molecule has 0 saturated heterocycles. The molecule has 2 atom stereocenters. The van der Waals surface area contributed by atoms with Crippen LogP contribution in [0, 0.1) is 16.0 Å². The molecule has 0 aliphatic heterocycles. The van der Waals surface area contributed by atoms with E-state index in [1.165, 1.54) is 25.1 Å². The summed E-state index contributed by atoms with van der Waals surface area (Å²) < 4.78 is 9.16. The Bertz CT molecular complexity index is 712. The molecule has 9 nitrogen and oxygen atoms in total. The summed E-state index contributed by atoms with van der Waals surface area (Å²) in [5.74, 6) is -7.80. The fourth-order valence-corrected chi connectivity index (χ4v) is 2.39. The lowest BCUT2D eigenvalue weighted by Gasteiger charge is -2.22. The Balaban J connectivity index is 3.62. The lowest BCUT2D eigenvalue weighted by atomic mass is 9.80. The molecule has 0 fully saturated rings. The SMILES string of the molecule is CCOC(=O)C(C(C)=O)C(C(=O)C(=O)OC)c1ccccc1[N+](=O)[O-]. The molecule has 1 aromatic carbocycles. The standard InChI is InChI=1S/C16H17NO8/c1-4-25-15(20)12(9(2)18)13(14(19)16(21)24-3)10-7-5-6-8-11(10)17(22)23/h5-8,12-13H,4H2,1-3H3. The predicted octanol–water partition coefficient (Wildman–Crippen LogP) is 1.19. The number of nitro benzene ring substituents is 1. The molecule has 0 saturated carbocycles. The summed E-state index contributed by atoms with van der Waals surface area (Å²) in [7, 11) is 0.948. The van der Waals surface area contributed by atoms with Crippen molar-refractivity contribution in [1.82, 2.24) is 0 Å². The first-order valence-electron chi connectivity index (χ1n) is 7.28. The molecule has 0 aliphatic carbocycles. The van der Waals surface area contributed by atoms with Crippen molar-refractivity contribution < 1.29 is 33.6 Å². The number of nitro groups is 1. The molecule has 0 aromatic heterocycles. The van der Waals surface area contributed by atoms with Crippen LogP contribution >= 0.6 is 0 Å². The Kier molecular flexibility index (Phi) is 6.92. The topological polar surface area (TPSA) is 130 Å². The van der Waals surface area contributed by atoms with Gasteiger partial charge in [-0.15, -0.1) is 0 Å². The number of hydrogen-bond acceptors (Lipinski definition) is 8. The number of carbonyl (C=O) groups excluding carboxylic acids is 4. The summed E-state index contributed by atoms with van der Waals surface area (Å²) in [5.41, 5.74) is -0.739. The lowest BCUT2D eigenvalue weighted by molar-refractivity contribution is -0.385. The number of rotatable bonds is 8. The molecule has 2 unspecified atom stereocenters. The van der Waals surface area contributed by atoms with E-state index in [1.54, 1.807) is 0 Å². The van der Waals surface area contributed by atoms with E-state index in [1.807, 2.05) is 0 Å². The third-order valence-corrected chi connectivity index (χ3v) is 3.45. The Morgan fingerprint density at radius 2 is 1.80 bits per heavy atom. The summed E-state index contributed by atoms with van der Waals surface area (Å²) >= 11 is 0. The van der Waals surface area contributed by atoms with Gasteiger partial charge < -0.3 is 9.47 Å². The first kappa shape index (κ1) is 19.9. The van der Waals surface area contributed by atoms with Crippen molar-refractivity contribution in [1.29, 1.82) is 0 Å². The maximum absolute atomic E-state index is 12.4. The second-order valence-corrected chi connectivity index (χ2v) is 4.99.